The quantitative estimate of drug-likeness (QED) is 0.618. The van der Waals surface area contributed by atoms with Gasteiger partial charge in [-0.3, -0.25) is 0 Å². The van der Waals surface area contributed by atoms with Crippen molar-refractivity contribution < 1.29 is 14.5 Å². The van der Waals surface area contributed by atoms with Gasteiger partial charge in [-0.15, -0.1) is 0 Å². The number of carboxylic acids is 1. The molecule has 0 amide bonds. The standard InChI is InChI=1S/C6H10NO3P/c1-2-4(3-11-10)5(7)6(8)9/h4-5H,2,7H2,1H3,(H,8,9)/t4-,5-/m1/s1. The van der Waals surface area contributed by atoms with E-state index < -0.39 is 17.9 Å². The van der Waals surface area contributed by atoms with Gasteiger partial charge in [0.05, 0.1) is 0 Å². The van der Waals surface area contributed by atoms with Gasteiger partial charge in [0, 0.05) is 0 Å². The summed E-state index contributed by atoms with van der Waals surface area (Å²) in [6.45, 7) is 1.77. The first-order valence-electron chi connectivity index (χ1n) is 3.19. The summed E-state index contributed by atoms with van der Waals surface area (Å²) >= 11 is 0. The fraction of sp³-hybridized carbons (Fsp3) is 0.667. The molecule has 0 saturated carbocycles. The van der Waals surface area contributed by atoms with Crippen LogP contribution in [0.3, 0.4) is 0 Å². The van der Waals surface area contributed by atoms with Crippen molar-refractivity contribution in [1.29, 1.82) is 0 Å². The van der Waals surface area contributed by atoms with Gasteiger partial charge in [0.2, 0.25) is 0 Å². The van der Waals surface area contributed by atoms with Gasteiger partial charge < -0.3 is 0 Å². The monoisotopic (exact) mass is 175 g/mol. The molecule has 62 valence electrons. The minimum atomic E-state index is -1.09. The van der Waals surface area contributed by atoms with Crippen molar-refractivity contribution in [2.24, 2.45) is 11.7 Å². The third kappa shape index (κ3) is 3.38. The molecular formula is C6H10NO3P. The molecule has 11 heavy (non-hydrogen) atoms. The first-order valence-corrected chi connectivity index (χ1v) is 4.01. The van der Waals surface area contributed by atoms with Gasteiger partial charge in [0.25, 0.3) is 0 Å². The molecule has 0 aromatic rings. The average molecular weight is 175 g/mol. The number of hydrogen-bond donors (Lipinski definition) is 2. The van der Waals surface area contributed by atoms with Crippen molar-refractivity contribution in [3.63, 3.8) is 0 Å². The van der Waals surface area contributed by atoms with Crippen LogP contribution in [0.1, 0.15) is 13.3 Å². The number of rotatable bonds is 3. The van der Waals surface area contributed by atoms with E-state index in [0.717, 1.165) is 0 Å². The summed E-state index contributed by atoms with van der Waals surface area (Å²) in [7, 11) is -0.288. The molecule has 0 saturated heterocycles. The van der Waals surface area contributed by atoms with E-state index in [2.05, 4.69) is 5.63 Å². The van der Waals surface area contributed by atoms with Gasteiger partial charge in [0.15, 0.2) is 0 Å². The second-order valence-electron chi connectivity index (χ2n) is 2.10. The van der Waals surface area contributed by atoms with Gasteiger partial charge in [-0.05, 0) is 0 Å². The first-order chi connectivity index (χ1) is 5.13. The van der Waals surface area contributed by atoms with Crippen LogP contribution in [-0.2, 0) is 9.36 Å². The zero-order chi connectivity index (χ0) is 8.85. The molecule has 3 N–H and O–H groups in total. The first kappa shape index (κ1) is 10.4. The molecule has 0 aliphatic heterocycles. The van der Waals surface area contributed by atoms with Gasteiger partial charge >= 0.3 is 65.0 Å². The zero-order valence-corrected chi connectivity index (χ0v) is 7.04. The van der Waals surface area contributed by atoms with E-state index in [1.54, 1.807) is 6.92 Å². The van der Waals surface area contributed by atoms with Gasteiger partial charge in [0.1, 0.15) is 0 Å². The minimum absolute atomic E-state index is 0.288. The van der Waals surface area contributed by atoms with E-state index in [4.69, 9.17) is 10.8 Å². The number of hydrogen-bond acceptors (Lipinski definition) is 3. The molecule has 2 atom stereocenters. The van der Waals surface area contributed by atoms with E-state index in [1.165, 1.54) is 0 Å². The van der Waals surface area contributed by atoms with Gasteiger partial charge in [-0.2, -0.15) is 0 Å². The number of nitrogens with two attached hydrogens (primary N) is 1. The molecule has 5 heteroatoms. The number of carbonyl (C=O) groups is 1. The van der Waals surface area contributed by atoms with E-state index in [9.17, 15) is 9.36 Å². The summed E-state index contributed by atoms with van der Waals surface area (Å²) in [5.41, 5.74) is 7.68. The van der Waals surface area contributed by atoms with Crippen molar-refractivity contribution >= 4 is 13.9 Å². The fourth-order valence-electron chi connectivity index (χ4n) is 0.665. The molecule has 0 aliphatic carbocycles. The van der Waals surface area contributed by atoms with Crippen molar-refractivity contribution in [2.45, 2.75) is 19.4 Å². The van der Waals surface area contributed by atoms with E-state index in [1.807, 2.05) is 0 Å². The summed E-state index contributed by atoms with van der Waals surface area (Å²) in [4.78, 5) is 10.3. The molecule has 0 aliphatic rings. The van der Waals surface area contributed by atoms with E-state index >= 15 is 0 Å². The molecule has 4 nitrogen and oxygen atoms in total. The Bertz CT molecular complexity index is 233. The van der Waals surface area contributed by atoms with Crippen LogP contribution in [0, 0.1) is 11.5 Å². The molecule has 0 fully saturated rings. The summed E-state index contributed by atoms with van der Waals surface area (Å²) in [6.07, 6.45) is 0.530. The van der Waals surface area contributed by atoms with Gasteiger partial charge in [-0.25, -0.2) is 0 Å². The van der Waals surface area contributed by atoms with Crippen LogP contribution in [-0.4, -0.2) is 17.1 Å². The van der Waals surface area contributed by atoms with Crippen molar-refractivity contribution in [2.75, 3.05) is 0 Å². The second-order valence-corrected chi connectivity index (χ2v) is 2.54. The van der Waals surface area contributed by atoms with Crippen LogP contribution in [0.4, 0.5) is 0 Å². The Morgan fingerprint density at radius 2 is 2.36 bits per heavy atom. The Hall–Kier alpha value is -0.560. The molecule has 0 heterocycles. The molecule has 0 spiro atoms. The average Bonchev–Trinajstić information content (AvgIpc) is 1.98. The van der Waals surface area contributed by atoms with Crippen LogP contribution in [0.2, 0.25) is 0 Å². The normalized spacial score (nSPS) is 14.7. The van der Waals surface area contributed by atoms with Crippen molar-refractivity contribution in [3.05, 3.63) is 0 Å². The van der Waals surface area contributed by atoms with Crippen molar-refractivity contribution in [3.8, 4) is 5.63 Å². The van der Waals surface area contributed by atoms with Crippen LogP contribution < -0.4 is 5.73 Å². The fourth-order valence-corrected chi connectivity index (χ4v) is 1.14. The molecule has 0 aromatic carbocycles. The molecular weight excluding hydrogens is 165 g/mol. The SMILES string of the molecule is CC[C@H](C#P=O)[C@@H](N)C(=O)O. The Labute approximate surface area is 65.9 Å². The molecule has 0 aromatic heterocycles. The Balaban J connectivity index is 4.33. The molecule has 0 bridgehead atoms. The van der Waals surface area contributed by atoms with E-state index in [-0.39, 0.29) is 7.92 Å². The van der Waals surface area contributed by atoms with E-state index in [0.29, 0.717) is 6.42 Å². The predicted octanol–water partition coefficient (Wildman–Crippen LogP) is 0.675. The summed E-state index contributed by atoms with van der Waals surface area (Å²) < 4.78 is 10.0. The van der Waals surface area contributed by atoms with Crippen LogP contribution >= 0.6 is 7.92 Å². The molecule has 0 unspecified atom stereocenters. The third-order valence-electron chi connectivity index (χ3n) is 1.38. The molecule has 0 radical (unpaired) electrons. The Morgan fingerprint density at radius 3 is 2.64 bits per heavy atom. The number of carboxylic acid groups (broad SMARTS) is 1. The van der Waals surface area contributed by atoms with Crippen LogP contribution in [0.15, 0.2) is 0 Å². The summed E-state index contributed by atoms with van der Waals surface area (Å²) in [5, 5.41) is 8.44. The van der Waals surface area contributed by atoms with Crippen LogP contribution in [0.5, 0.6) is 0 Å². The Morgan fingerprint density at radius 1 is 1.82 bits per heavy atom. The zero-order valence-electron chi connectivity index (χ0n) is 6.15. The third-order valence-corrected chi connectivity index (χ3v) is 1.81. The summed E-state index contributed by atoms with van der Waals surface area (Å²) in [5.74, 6) is -1.53. The maximum atomic E-state index is 10.3. The summed E-state index contributed by atoms with van der Waals surface area (Å²) in [6, 6.07) is -0.999. The maximum absolute atomic E-state index is 10.3. The van der Waals surface area contributed by atoms with Gasteiger partial charge in [-0.1, -0.05) is 0 Å². The number of aliphatic carboxylic acids is 1. The Kier molecular flexibility index (Phi) is 4.88. The van der Waals surface area contributed by atoms with Crippen LogP contribution in [0.25, 0.3) is 0 Å². The van der Waals surface area contributed by atoms with Crippen molar-refractivity contribution in [1.82, 2.24) is 0 Å². The topological polar surface area (TPSA) is 80.4 Å². The second kappa shape index (κ2) is 5.14. The molecule has 0 rings (SSSR count). The predicted molar refractivity (Wildman–Crippen MR) is 40.9 cm³/mol.